The zero-order valence-electron chi connectivity index (χ0n) is 13.4. The van der Waals surface area contributed by atoms with Crippen LogP contribution in [0.3, 0.4) is 0 Å². The highest BCUT2D eigenvalue weighted by atomic mass is 35.5. The average Bonchev–Trinajstić information content (AvgIpc) is 2.62. The van der Waals surface area contributed by atoms with Crippen LogP contribution in [-0.2, 0) is 6.54 Å². The Bertz CT molecular complexity index is 1010. The molecule has 0 radical (unpaired) electrons. The number of amides is 1. The van der Waals surface area contributed by atoms with Gasteiger partial charge in [0.05, 0.1) is 16.6 Å². The maximum absolute atomic E-state index is 12.6. The molecule has 3 aromatic rings. The standard InChI is InChI=1S/C19H13Cl3N2O2/c20-13-4-6-14(7-5-13)23-18(25)15-2-1-9-24(19(15)26)11-12-3-8-16(21)17(22)10-12/h1-10H,11H2,(H,23,25). The normalized spacial score (nSPS) is 10.6. The summed E-state index contributed by atoms with van der Waals surface area (Å²) in [5.41, 5.74) is 1.00. The van der Waals surface area contributed by atoms with Gasteiger partial charge in [-0.05, 0) is 54.1 Å². The van der Waals surface area contributed by atoms with E-state index in [4.69, 9.17) is 34.8 Å². The molecule has 1 heterocycles. The second kappa shape index (κ2) is 7.96. The number of anilines is 1. The third-order valence-corrected chi connectivity index (χ3v) is 4.69. The molecule has 26 heavy (non-hydrogen) atoms. The molecule has 0 saturated carbocycles. The highest BCUT2D eigenvalue weighted by Gasteiger charge is 2.13. The van der Waals surface area contributed by atoms with E-state index in [1.165, 1.54) is 10.6 Å². The smallest absolute Gasteiger partial charge is 0.263 e. The second-order valence-electron chi connectivity index (χ2n) is 5.56. The van der Waals surface area contributed by atoms with Gasteiger partial charge in [0.25, 0.3) is 11.5 Å². The largest absolute Gasteiger partial charge is 0.322 e. The van der Waals surface area contributed by atoms with Gasteiger partial charge in [0.2, 0.25) is 0 Å². The monoisotopic (exact) mass is 406 g/mol. The lowest BCUT2D eigenvalue weighted by Gasteiger charge is -2.10. The lowest BCUT2D eigenvalue weighted by molar-refractivity contribution is 0.102. The Morgan fingerprint density at radius 3 is 2.38 bits per heavy atom. The molecule has 3 rings (SSSR count). The molecule has 0 unspecified atom stereocenters. The topological polar surface area (TPSA) is 51.1 Å². The molecule has 1 N–H and O–H groups in total. The van der Waals surface area contributed by atoms with Crippen molar-refractivity contribution in [2.75, 3.05) is 5.32 Å². The first-order valence-electron chi connectivity index (χ1n) is 7.64. The number of carbonyl (C=O) groups is 1. The van der Waals surface area contributed by atoms with Crippen LogP contribution in [0.25, 0.3) is 0 Å². The van der Waals surface area contributed by atoms with Crippen molar-refractivity contribution >= 4 is 46.4 Å². The molecule has 0 aliphatic rings. The number of halogens is 3. The van der Waals surface area contributed by atoms with Crippen molar-refractivity contribution in [1.29, 1.82) is 0 Å². The van der Waals surface area contributed by atoms with Gasteiger partial charge in [-0.25, -0.2) is 0 Å². The molecular formula is C19H13Cl3N2O2. The lowest BCUT2D eigenvalue weighted by Crippen LogP contribution is -2.29. The molecular weight excluding hydrogens is 395 g/mol. The number of hydrogen-bond donors (Lipinski definition) is 1. The minimum atomic E-state index is -0.485. The predicted molar refractivity (Wildman–Crippen MR) is 106 cm³/mol. The Balaban J connectivity index is 1.84. The maximum atomic E-state index is 12.6. The Morgan fingerprint density at radius 2 is 1.69 bits per heavy atom. The van der Waals surface area contributed by atoms with E-state index in [2.05, 4.69) is 5.32 Å². The van der Waals surface area contributed by atoms with Crippen LogP contribution in [0.15, 0.2) is 65.6 Å². The summed E-state index contributed by atoms with van der Waals surface area (Å²) >= 11 is 17.7. The summed E-state index contributed by atoms with van der Waals surface area (Å²) in [7, 11) is 0. The zero-order chi connectivity index (χ0) is 18.7. The minimum Gasteiger partial charge on any atom is -0.322 e. The quantitative estimate of drug-likeness (QED) is 0.653. The van der Waals surface area contributed by atoms with Crippen LogP contribution in [0.5, 0.6) is 0 Å². The van der Waals surface area contributed by atoms with Crippen LogP contribution in [0.4, 0.5) is 5.69 Å². The highest BCUT2D eigenvalue weighted by Crippen LogP contribution is 2.22. The number of pyridine rings is 1. The summed E-state index contributed by atoms with van der Waals surface area (Å²) in [5, 5.41) is 4.10. The van der Waals surface area contributed by atoms with E-state index in [0.29, 0.717) is 20.8 Å². The van der Waals surface area contributed by atoms with Crippen molar-refractivity contribution in [2.45, 2.75) is 6.54 Å². The summed E-state index contributed by atoms with van der Waals surface area (Å²) < 4.78 is 1.44. The summed E-state index contributed by atoms with van der Waals surface area (Å²) in [6.07, 6.45) is 1.61. The highest BCUT2D eigenvalue weighted by molar-refractivity contribution is 6.42. The van der Waals surface area contributed by atoms with Gasteiger partial charge in [-0.2, -0.15) is 0 Å². The van der Waals surface area contributed by atoms with Gasteiger partial charge in [0, 0.05) is 16.9 Å². The Kier molecular flexibility index (Phi) is 5.67. The van der Waals surface area contributed by atoms with Crippen LogP contribution in [-0.4, -0.2) is 10.5 Å². The van der Waals surface area contributed by atoms with Crippen LogP contribution in [0.2, 0.25) is 15.1 Å². The van der Waals surface area contributed by atoms with Crippen LogP contribution in [0.1, 0.15) is 15.9 Å². The minimum absolute atomic E-state index is 0.0440. The van der Waals surface area contributed by atoms with Crippen molar-refractivity contribution < 1.29 is 4.79 Å². The van der Waals surface area contributed by atoms with Crippen molar-refractivity contribution in [3.8, 4) is 0 Å². The molecule has 132 valence electrons. The van der Waals surface area contributed by atoms with Crippen LogP contribution in [0, 0.1) is 0 Å². The number of benzene rings is 2. The SMILES string of the molecule is O=C(Nc1ccc(Cl)cc1)c1cccn(Cc2ccc(Cl)c(Cl)c2)c1=O. The summed E-state index contributed by atoms with van der Waals surface area (Å²) in [4.78, 5) is 25.1. The van der Waals surface area contributed by atoms with Crippen molar-refractivity contribution in [3.05, 3.63) is 97.3 Å². The number of aromatic nitrogens is 1. The van der Waals surface area contributed by atoms with E-state index in [1.54, 1.807) is 54.7 Å². The molecule has 0 fully saturated rings. The molecule has 0 aliphatic carbocycles. The van der Waals surface area contributed by atoms with Crippen molar-refractivity contribution in [1.82, 2.24) is 4.57 Å². The lowest BCUT2D eigenvalue weighted by atomic mass is 10.2. The van der Waals surface area contributed by atoms with Gasteiger partial charge < -0.3 is 9.88 Å². The second-order valence-corrected chi connectivity index (χ2v) is 6.82. The molecule has 4 nitrogen and oxygen atoms in total. The first kappa shape index (κ1) is 18.5. The predicted octanol–water partition coefficient (Wildman–Crippen LogP) is 5.11. The molecule has 1 amide bonds. The van der Waals surface area contributed by atoms with E-state index >= 15 is 0 Å². The number of rotatable bonds is 4. The van der Waals surface area contributed by atoms with Gasteiger partial charge in [0.1, 0.15) is 5.56 Å². The fourth-order valence-electron chi connectivity index (χ4n) is 2.40. The van der Waals surface area contributed by atoms with E-state index in [0.717, 1.165) is 5.56 Å². The van der Waals surface area contributed by atoms with E-state index in [-0.39, 0.29) is 12.1 Å². The Hall–Kier alpha value is -2.27. The summed E-state index contributed by atoms with van der Waals surface area (Å²) in [5.74, 6) is -0.485. The molecule has 0 saturated heterocycles. The Morgan fingerprint density at radius 1 is 0.962 bits per heavy atom. The van der Waals surface area contributed by atoms with Crippen molar-refractivity contribution in [2.24, 2.45) is 0 Å². The number of hydrogen-bond acceptors (Lipinski definition) is 2. The zero-order valence-corrected chi connectivity index (χ0v) is 15.6. The fraction of sp³-hybridized carbons (Fsp3) is 0.0526. The van der Waals surface area contributed by atoms with E-state index in [9.17, 15) is 9.59 Å². The van der Waals surface area contributed by atoms with Crippen molar-refractivity contribution in [3.63, 3.8) is 0 Å². The molecule has 2 aromatic carbocycles. The maximum Gasteiger partial charge on any atom is 0.263 e. The van der Waals surface area contributed by atoms with Gasteiger partial charge in [-0.3, -0.25) is 9.59 Å². The Labute approximate surface area is 164 Å². The van der Waals surface area contributed by atoms with Gasteiger partial charge in [0.15, 0.2) is 0 Å². The van der Waals surface area contributed by atoms with E-state index < -0.39 is 11.5 Å². The molecule has 0 spiro atoms. The van der Waals surface area contributed by atoms with Gasteiger partial charge >= 0.3 is 0 Å². The number of nitrogens with one attached hydrogen (secondary N) is 1. The average molecular weight is 408 g/mol. The first-order valence-corrected chi connectivity index (χ1v) is 8.78. The summed E-state index contributed by atoms with van der Waals surface area (Å²) in [6, 6.07) is 14.9. The fourth-order valence-corrected chi connectivity index (χ4v) is 2.85. The van der Waals surface area contributed by atoms with Crippen LogP contribution >= 0.6 is 34.8 Å². The molecule has 7 heteroatoms. The third kappa shape index (κ3) is 4.28. The van der Waals surface area contributed by atoms with Gasteiger partial charge in [-0.15, -0.1) is 0 Å². The molecule has 0 aliphatic heterocycles. The van der Waals surface area contributed by atoms with Gasteiger partial charge in [-0.1, -0.05) is 40.9 Å². The number of nitrogens with zero attached hydrogens (tertiary/aromatic N) is 1. The molecule has 1 aromatic heterocycles. The first-order chi connectivity index (χ1) is 12.4. The molecule has 0 atom stereocenters. The van der Waals surface area contributed by atoms with E-state index in [1.807, 2.05) is 0 Å². The number of carbonyl (C=O) groups excluding carboxylic acids is 1. The summed E-state index contributed by atoms with van der Waals surface area (Å²) in [6.45, 7) is 0.276. The third-order valence-electron chi connectivity index (χ3n) is 3.70. The van der Waals surface area contributed by atoms with Crippen LogP contribution < -0.4 is 10.9 Å². The molecule has 0 bridgehead atoms.